The third-order valence-corrected chi connectivity index (χ3v) is 5.54. The molecule has 1 aromatic heterocycles. The van der Waals surface area contributed by atoms with Gasteiger partial charge in [0.2, 0.25) is 0 Å². The van der Waals surface area contributed by atoms with Gasteiger partial charge >= 0.3 is 17.9 Å². The van der Waals surface area contributed by atoms with Crippen molar-refractivity contribution in [3.63, 3.8) is 0 Å². The molecule has 3 aliphatic rings. The van der Waals surface area contributed by atoms with Crippen LogP contribution in [0.3, 0.4) is 0 Å². The highest BCUT2D eigenvalue weighted by Gasteiger charge is 2.41. The number of nitrogen functional groups attached to an aromatic ring is 1. The SMILES string of the molecule is Nc1c2c(nc3cccc(F)c13)C1CC(C2)C1.O=C(O)CC(O)(CC(=O)O)C(=O)O. The second-order valence-electron chi connectivity index (χ2n) is 7.74. The Bertz CT molecular complexity index is 1020. The monoisotopic (exact) mass is 420 g/mol. The molecule has 2 bridgehead atoms. The number of carboxylic acid groups (broad SMARTS) is 3. The Balaban J connectivity index is 0.000000180. The van der Waals surface area contributed by atoms with Crippen molar-refractivity contribution in [1.29, 1.82) is 0 Å². The number of hydrogen-bond donors (Lipinski definition) is 5. The number of hydrogen-bond acceptors (Lipinski definition) is 6. The zero-order valence-electron chi connectivity index (χ0n) is 15.8. The number of fused-ring (bicyclic) bond motifs is 1. The van der Waals surface area contributed by atoms with Crippen molar-refractivity contribution in [3.8, 4) is 0 Å². The van der Waals surface area contributed by atoms with Crippen LogP contribution >= 0.6 is 0 Å². The lowest BCUT2D eigenvalue weighted by atomic mass is 9.64. The summed E-state index contributed by atoms with van der Waals surface area (Å²) < 4.78 is 13.8. The first kappa shape index (κ1) is 21.4. The highest BCUT2D eigenvalue weighted by atomic mass is 19.1. The number of nitrogens with zero attached hydrogens (tertiary/aromatic N) is 1. The van der Waals surface area contributed by atoms with E-state index in [-0.39, 0.29) is 5.82 Å². The molecule has 0 amide bonds. The molecule has 0 radical (unpaired) electrons. The first-order valence-electron chi connectivity index (χ1n) is 9.27. The van der Waals surface area contributed by atoms with E-state index in [1.165, 1.54) is 18.9 Å². The van der Waals surface area contributed by atoms with Crippen LogP contribution in [0.4, 0.5) is 10.1 Å². The van der Waals surface area contributed by atoms with Crippen molar-refractivity contribution < 1.29 is 39.2 Å². The Labute approximate surface area is 170 Å². The summed E-state index contributed by atoms with van der Waals surface area (Å²) in [7, 11) is 0. The summed E-state index contributed by atoms with van der Waals surface area (Å²) in [5.41, 5.74) is 6.96. The Morgan fingerprint density at radius 3 is 2.27 bits per heavy atom. The summed E-state index contributed by atoms with van der Waals surface area (Å²) >= 11 is 0. The first-order valence-corrected chi connectivity index (χ1v) is 9.27. The van der Waals surface area contributed by atoms with Crippen molar-refractivity contribution in [2.24, 2.45) is 5.92 Å². The van der Waals surface area contributed by atoms with Crippen LogP contribution in [-0.4, -0.2) is 48.9 Å². The fraction of sp³-hybridized carbons (Fsp3) is 0.400. The molecule has 9 nitrogen and oxygen atoms in total. The minimum atomic E-state index is -2.74. The maximum absolute atomic E-state index is 13.8. The van der Waals surface area contributed by atoms with E-state index in [1.807, 2.05) is 6.07 Å². The zero-order chi connectivity index (χ0) is 22.2. The molecule has 1 fully saturated rings. The van der Waals surface area contributed by atoms with Crippen LogP contribution in [0.2, 0.25) is 0 Å². The lowest BCUT2D eigenvalue weighted by molar-refractivity contribution is -0.170. The molecule has 1 heterocycles. The standard InChI is InChI=1S/C14H13FN2.C6H8O7/c15-10-2-1-3-11-12(10)13(16)9-6-7-4-8(5-7)14(9)17-11;7-3(8)1-6(13,5(11)12)2-4(9)10/h1-3,7-8H,4-6H2,(H2,16,17);13H,1-2H2,(H,7,8)(H,9,10)(H,11,12). The lowest BCUT2D eigenvalue weighted by Gasteiger charge is -2.42. The molecule has 0 spiro atoms. The number of nitrogens with two attached hydrogens (primary N) is 1. The summed E-state index contributed by atoms with van der Waals surface area (Å²) in [6.45, 7) is 0. The Hall–Kier alpha value is -3.27. The number of aromatic nitrogens is 1. The highest BCUT2D eigenvalue weighted by molar-refractivity contribution is 5.93. The number of aliphatic carboxylic acids is 3. The van der Waals surface area contributed by atoms with E-state index >= 15 is 0 Å². The predicted molar refractivity (Wildman–Crippen MR) is 102 cm³/mol. The molecule has 0 atom stereocenters. The molecule has 10 heteroatoms. The van der Waals surface area contributed by atoms with Gasteiger partial charge in [0.15, 0.2) is 5.60 Å². The maximum Gasteiger partial charge on any atom is 0.336 e. The summed E-state index contributed by atoms with van der Waals surface area (Å²) in [4.78, 5) is 35.1. The Morgan fingerprint density at radius 1 is 1.13 bits per heavy atom. The van der Waals surface area contributed by atoms with Crippen molar-refractivity contribution in [2.45, 2.75) is 43.6 Å². The second kappa shape index (κ2) is 7.86. The van der Waals surface area contributed by atoms with Crippen LogP contribution in [-0.2, 0) is 20.8 Å². The zero-order valence-corrected chi connectivity index (χ0v) is 15.8. The molecule has 6 N–H and O–H groups in total. The molecule has 5 rings (SSSR count). The molecular weight excluding hydrogens is 399 g/mol. The number of carboxylic acids is 3. The number of carbonyl (C=O) groups is 3. The van der Waals surface area contributed by atoms with E-state index in [0.717, 1.165) is 23.6 Å². The third kappa shape index (κ3) is 4.04. The van der Waals surface area contributed by atoms with E-state index in [2.05, 4.69) is 4.98 Å². The van der Waals surface area contributed by atoms with Crippen LogP contribution in [0.25, 0.3) is 10.9 Å². The number of pyridine rings is 1. The van der Waals surface area contributed by atoms with Gasteiger partial charge in [-0.1, -0.05) is 6.07 Å². The van der Waals surface area contributed by atoms with Crippen LogP contribution < -0.4 is 5.73 Å². The smallest absolute Gasteiger partial charge is 0.336 e. The van der Waals surface area contributed by atoms with Crippen molar-refractivity contribution in [3.05, 3.63) is 35.3 Å². The molecule has 0 unspecified atom stereocenters. The molecule has 0 aliphatic heterocycles. The van der Waals surface area contributed by atoms with E-state index in [4.69, 9.17) is 26.2 Å². The quantitative estimate of drug-likeness (QED) is 0.483. The van der Waals surface area contributed by atoms with Gasteiger partial charge < -0.3 is 26.2 Å². The molecule has 1 aromatic carbocycles. The van der Waals surface area contributed by atoms with Gasteiger partial charge in [-0.3, -0.25) is 14.6 Å². The van der Waals surface area contributed by atoms with Gasteiger partial charge in [0.1, 0.15) is 5.82 Å². The molecule has 0 saturated heterocycles. The Kier molecular flexibility index (Phi) is 5.62. The second-order valence-corrected chi connectivity index (χ2v) is 7.74. The molecule has 1 saturated carbocycles. The van der Waals surface area contributed by atoms with E-state index in [0.29, 0.717) is 22.5 Å². The molecule has 160 valence electrons. The third-order valence-electron chi connectivity index (χ3n) is 5.54. The Morgan fingerprint density at radius 2 is 1.73 bits per heavy atom. The van der Waals surface area contributed by atoms with E-state index in [1.54, 1.807) is 6.07 Å². The maximum atomic E-state index is 13.8. The average molecular weight is 420 g/mol. The van der Waals surface area contributed by atoms with Gasteiger partial charge in [-0.25, -0.2) is 9.18 Å². The number of halogens is 1. The van der Waals surface area contributed by atoms with Gasteiger partial charge in [0.05, 0.1) is 23.7 Å². The molecule has 2 aromatic rings. The molecule has 3 aliphatic carbocycles. The highest BCUT2D eigenvalue weighted by Crippen LogP contribution is 2.51. The van der Waals surface area contributed by atoms with Crippen molar-refractivity contribution in [1.82, 2.24) is 4.98 Å². The van der Waals surface area contributed by atoms with Gasteiger partial charge in [0, 0.05) is 17.3 Å². The van der Waals surface area contributed by atoms with Crippen LogP contribution in [0.1, 0.15) is 42.9 Å². The summed E-state index contributed by atoms with van der Waals surface area (Å²) in [5.74, 6) is -3.95. The number of benzene rings is 1. The minimum absolute atomic E-state index is 0.255. The number of aliphatic hydroxyl groups is 1. The fourth-order valence-electron chi connectivity index (χ4n) is 4.04. The van der Waals surface area contributed by atoms with Gasteiger partial charge in [-0.2, -0.15) is 0 Å². The number of anilines is 1. The van der Waals surface area contributed by atoms with Crippen LogP contribution in [0.5, 0.6) is 0 Å². The van der Waals surface area contributed by atoms with Gasteiger partial charge in [-0.05, 0) is 42.9 Å². The van der Waals surface area contributed by atoms with E-state index in [9.17, 15) is 18.8 Å². The van der Waals surface area contributed by atoms with Gasteiger partial charge in [-0.15, -0.1) is 0 Å². The topological polar surface area (TPSA) is 171 Å². The normalized spacial score (nSPS) is 19.1. The van der Waals surface area contributed by atoms with Crippen LogP contribution in [0.15, 0.2) is 18.2 Å². The molecule has 30 heavy (non-hydrogen) atoms. The molecular formula is C20H21FN2O7. The predicted octanol–water partition coefficient (Wildman–Crippen LogP) is 1.76. The summed E-state index contributed by atoms with van der Waals surface area (Å²) in [6.07, 6.45) is 1.17. The van der Waals surface area contributed by atoms with Crippen molar-refractivity contribution >= 4 is 34.5 Å². The largest absolute Gasteiger partial charge is 0.481 e. The fourth-order valence-corrected chi connectivity index (χ4v) is 4.04. The van der Waals surface area contributed by atoms with Gasteiger partial charge in [0.25, 0.3) is 0 Å². The van der Waals surface area contributed by atoms with E-state index < -0.39 is 36.4 Å². The van der Waals surface area contributed by atoms with Crippen molar-refractivity contribution in [2.75, 3.05) is 5.73 Å². The summed E-state index contributed by atoms with van der Waals surface area (Å²) in [6, 6.07) is 5.00. The number of rotatable bonds is 5. The average Bonchev–Trinajstić information content (AvgIpc) is 2.59. The lowest BCUT2D eigenvalue weighted by Crippen LogP contribution is -2.42. The first-order chi connectivity index (χ1) is 14.0. The van der Waals surface area contributed by atoms with Crippen LogP contribution in [0, 0.1) is 11.7 Å². The minimum Gasteiger partial charge on any atom is -0.481 e. The summed E-state index contributed by atoms with van der Waals surface area (Å²) in [5, 5.41) is 34.3.